The van der Waals surface area contributed by atoms with Crippen molar-refractivity contribution in [3.63, 3.8) is 0 Å². The van der Waals surface area contributed by atoms with Gasteiger partial charge in [0.25, 0.3) is 0 Å². The van der Waals surface area contributed by atoms with E-state index in [1.807, 2.05) is 0 Å². The van der Waals surface area contributed by atoms with E-state index in [1.165, 1.54) is 23.9 Å². The largest absolute Gasteiger partial charge is 0.573 e. The monoisotopic (exact) mass is 286 g/mol. The van der Waals surface area contributed by atoms with Crippen LogP contribution in [0.3, 0.4) is 0 Å². The number of ether oxygens (including phenoxy) is 1. The molecule has 0 bridgehead atoms. The first-order valence-corrected chi connectivity index (χ1v) is 5.53. The molecule has 0 radical (unpaired) electrons. The normalized spacial score (nSPS) is 11.5. The summed E-state index contributed by atoms with van der Waals surface area (Å²) in [7, 11) is 0. The van der Waals surface area contributed by atoms with Crippen LogP contribution in [0.4, 0.5) is 13.2 Å². The van der Waals surface area contributed by atoms with E-state index in [9.17, 15) is 13.2 Å². The zero-order valence-electron chi connectivity index (χ0n) is 7.06. The highest BCUT2D eigenvalue weighted by Crippen LogP contribution is 2.33. The summed E-state index contributed by atoms with van der Waals surface area (Å²) in [4.78, 5) is 0.715. The molecular formula is C8H6BrF3OS. The van der Waals surface area contributed by atoms with Gasteiger partial charge in [-0.2, -0.15) is 0 Å². The van der Waals surface area contributed by atoms with E-state index in [4.69, 9.17) is 0 Å². The lowest BCUT2D eigenvalue weighted by atomic mass is 10.3. The zero-order valence-corrected chi connectivity index (χ0v) is 9.46. The Bertz CT molecular complexity index is 327. The number of hydrogen-bond donors (Lipinski definition) is 0. The van der Waals surface area contributed by atoms with Gasteiger partial charge in [0, 0.05) is 4.90 Å². The molecule has 0 unspecified atom stereocenters. The van der Waals surface area contributed by atoms with Gasteiger partial charge in [0.05, 0.1) is 4.47 Å². The van der Waals surface area contributed by atoms with Crippen LogP contribution in [0.15, 0.2) is 27.6 Å². The van der Waals surface area contributed by atoms with Crippen molar-refractivity contribution in [2.45, 2.75) is 11.3 Å². The minimum Gasteiger partial charge on any atom is -0.405 e. The first kappa shape index (κ1) is 11.7. The Morgan fingerprint density at radius 3 is 2.50 bits per heavy atom. The Labute approximate surface area is 91.8 Å². The van der Waals surface area contributed by atoms with Gasteiger partial charge in [-0.25, -0.2) is 0 Å². The Hall–Kier alpha value is -0.360. The number of alkyl halides is 3. The molecule has 78 valence electrons. The van der Waals surface area contributed by atoms with Gasteiger partial charge in [0.1, 0.15) is 5.75 Å². The van der Waals surface area contributed by atoms with Gasteiger partial charge in [-0.3, -0.25) is 0 Å². The first-order chi connectivity index (χ1) is 6.42. The van der Waals surface area contributed by atoms with E-state index in [2.05, 4.69) is 20.7 Å². The molecule has 0 heterocycles. The number of thioether (sulfide) groups is 1. The van der Waals surface area contributed by atoms with Crippen LogP contribution < -0.4 is 4.74 Å². The van der Waals surface area contributed by atoms with Crippen molar-refractivity contribution in [3.05, 3.63) is 22.7 Å². The van der Waals surface area contributed by atoms with Crippen LogP contribution in [-0.4, -0.2) is 12.6 Å². The summed E-state index contributed by atoms with van der Waals surface area (Å²) in [6.07, 6.45) is -2.87. The molecule has 0 saturated carbocycles. The van der Waals surface area contributed by atoms with Gasteiger partial charge in [-0.05, 0) is 40.4 Å². The fourth-order valence-electron chi connectivity index (χ4n) is 0.814. The Morgan fingerprint density at radius 2 is 2.00 bits per heavy atom. The van der Waals surface area contributed by atoms with Gasteiger partial charge in [-0.15, -0.1) is 24.9 Å². The van der Waals surface area contributed by atoms with Crippen LogP contribution in [0, 0.1) is 0 Å². The van der Waals surface area contributed by atoms with Crippen molar-refractivity contribution in [3.8, 4) is 5.75 Å². The number of benzene rings is 1. The lowest BCUT2D eigenvalue weighted by Gasteiger charge is -2.11. The second-order valence-electron chi connectivity index (χ2n) is 2.34. The van der Waals surface area contributed by atoms with E-state index < -0.39 is 6.36 Å². The smallest absolute Gasteiger partial charge is 0.405 e. The summed E-state index contributed by atoms with van der Waals surface area (Å²) in [6.45, 7) is 0. The van der Waals surface area contributed by atoms with Crippen molar-refractivity contribution in [1.82, 2.24) is 0 Å². The Morgan fingerprint density at radius 1 is 1.36 bits per heavy atom. The maximum Gasteiger partial charge on any atom is 0.573 e. The molecule has 0 aliphatic rings. The predicted octanol–water partition coefficient (Wildman–Crippen LogP) is 4.07. The molecule has 6 heteroatoms. The maximum atomic E-state index is 11.9. The van der Waals surface area contributed by atoms with Crippen molar-refractivity contribution >= 4 is 27.7 Å². The summed E-state index contributed by atoms with van der Waals surface area (Å²) in [6, 6.07) is 4.56. The third kappa shape index (κ3) is 3.42. The highest BCUT2D eigenvalue weighted by atomic mass is 79.9. The van der Waals surface area contributed by atoms with Crippen LogP contribution in [0.1, 0.15) is 0 Å². The Kier molecular flexibility index (Phi) is 3.71. The van der Waals surface area contributed by atoms with Gasteiger partial charge >= 0.3 is 6.36 Å². The highest BCUT2D eigenvalue weighted by molar-refractivity contribution is 9.10. The molecule has 1 rings (SSSR count). The minimum absolute atomic E-state index is 0.218. The molecule has 0 fully saturated rings. The second kappa shape index (κ2) is 4.44. The van der Waals surface area contributed by atoms with E-state index in [0.29, 0.717) is 4.90 Å². The molecule has 0 atom stereocenters. The van der Waals surface area contributed by atoms with Crippen molar-refractivity contribution < 1.29 is 17.9 Å². The van der Waals surface area contributed by atoms with E-state index in [-0.39, 0.29) is 10.2 Å². The van der Waals surface area contributed by atoms with E-state index in [0.717, 1.165) is 0 Å². The summed E-state index contributed by atoms with van der Waals surface area (Å²) >= 11 is 4.33. The number of hydrogen-bond acceptors (Lipinski definition) is 2. The fourth-order valence-corrected chi connectivity index (χ4v) is 1.57. The zero-order chi connectivity index (χ0) is 10.8. The third-order valence-electron chi connectivity index (χ3n) is 1.36. The first-order valence-electron chi connectivity index (χ1n) is 3.51. The SMILES string of the molecule is CSc1ccc(Br)c(OC(F)(F)F)c1. The topological polar surface area (TPSA) is 9.23 Å². The predicted molar refractivity (Wildman–Crippen MR) is 52.6 cm³/mol. The summed E-state index contributed by atoms with van der Waals surface area (Å²) in [5.41, 5.74) is 0. The molecule has 0 spiro atoms. The molecule has 1 aromatic rings. The van der Waals surface area contributed by atoms with Gasteiger partial charge < -0.3 is 4.74 Å². The molecule has 0 N–H and O–H groups in total. The Balaban J connectivity index is 2.95. The molecule has 0 aliphatic carbocycles. The van der Waals surface area contributed by atoms with Crippen molar-refractivity contribution in [2.24, 2.45) is 0 Å². The highest BCUT2D eigenvalue weighted by Gasteiger charge is 2.31. The standard InChI is InChI=1S/C8H6BrF3OS/c1-14-5-2-3-6(9)7(4-5)13-8(10,11)12/h2-4H,1H3. The lowest BCUT2D eigenvalue weighted by molar-refractivity contribution is -0.275. The maximum absolute atomic E-state index is 11.9. The molecule has 0 amide bonds. The molecule has 0 aromatic heterocycles. The van der Waals surface area contributed by atoms with Crippen LogP contribution in [-0.2, 0) is 0 Å². The second-order valence-corrected chi connectivity index (χ2v) is 4.08. The van der Waals surface area contributed by atoms with Crippen LogP contribution >= 0.6 is 27.7 Å². The summed E-state index contributed by atoms with van der Waals surface area (Å²) in [5.74, 6) is -0.218. The minimum atomic E-state index is -4.65. The van der Waals surface area contributed by atoms with Gasteiger partial charge in [-0.1, -0.05) is 0 Å². The number of rotatable bonds is 2. The molecule has 0 aliphatic heterocycles. The van der Waals surface area contributed by atoms with E-state index in [1.54, 1.807) is 12.3 Å². The number of halogens is 4. The third-order valence-corrected chi connectivity index (χ3v) is 2.74. The van der Waals surface area contributed by atoms with Gasteiger partial charge in [0.2, 0.25) is 0 Å². The fraction of sp³-hybridized carbons (Fsp3) is 0.250. The van der Waals surface area contributed by atoms with Crippen LogP contribution in [0.25, 0.3) is 0 Å². The molecular weight excluding hydrogens is 281 g/mol. The van der Waals surface area contributed by atoms with Crippen LogP contribution in [0.5, 0.6) is 5.75 Å². The molecule has 1 aromatic carbocycles. The van der Waals surface area contributed by atoms with Crippen molar-refractivity contribution in [2.75, 3.05) is 6.26 Å². The van der Waals surface area contributed by atoms with Crippen LogP contribution in [0.2, 0.25) is 0 Å². The van der Waals surface area contributed by atoms with E-state index >= 15 is 0 Å². The summed E-state index contributed by atoms with van der Waals surface area (Å²) in [5, 5.41) is 0. The molecule has 14 heavy (non-hydrogen) atoms. The van der Waals surface area contributed by atoms with Gasteiger partial charge in [0.15, 0.2) is 0 Å². The quantitative estimate of drug-likeness (QED) is 0.758. The molecule has 1 nitrogen and oxygen atoms in total. The van der Waals surface area contributed by atoms with Crippen molar-refractivity contribution in [1.29, 1.82) is 0 Å². The lowest BCUT2D eigenvalue weighted by Crippen LogP contribution is -2.17. The average molecular weight is 287 g/mol. The average Bonchev–Trinajstić information content (AvgIpc) is 2.06. The molecule has 0 saturated heterocycles. The summed E-state index contributed by atoms with van der Waals surface area (Å²) < 4.78 is 39.8.